The lowest BCUT2D eigenvalue weighted by atomic mass is 10.3. The van der Waals surface area contributed by atoms with Gasteiger partial charge >= 0.3 is 6.03 Å². The Kier molecular flexibility index (Phi) is 3.95. The van der Waals surface area contributed by atoms with Crippen molar-refractivity contribution in [2.45, 2.75) is 25.9 Å². The van der Waals surface area contributed by atoms with E-state index in [1.165, 1.54) is 4.68 Å². The highest BCUT2D eigenvalue weighted by atomic mass is 16.2. The molecule has 0 aromatic carbocycles. The third-order valence-corrected chi connectivity index (χ3v) is 1.85. The monoisotopic (exact) mass is 226 g/mol. The van der Waals surface area contributed by atoms with Gasteiger partial charge in [-0.3, -0.25) is 14.8 Å². The number of amides is 3. The van der Waals surface area contributed by atoms with Gasteiger partial charge in [0.1, 0.15) is 0 Å². The number of primary amides is 1. The summed E-state index contributed by atoms with van der Waals surface area (Å²) in [6.07, 6.45) is 1.76. The van der Waals surface area contributed by atoms with Gasteiger partial charge in [0.15, 0.2) is 0 Å². The van der Waals surface area contributed by atoms with Crippen LogP contribution in [0.3, 0.4) is 0 Å². The summed E-state index contributed by atoms with van der Waals surface area (Å²) in [6.45, 7) is 2.10. The predicted molar refractivity (Wildman–Crippen MR) is 55.0 cm³/mol. The van der Waals surface area contributed by atoms with E-state index in [2.05, 4.69) is 10.3 Å². The van der Waals surface area contributed by atoms with Gasteiger partial charge in [-0.2, -0.15) is 0 Å². The average molecular weight is 226 g/mol. The second kappa shape index (κ2) is 5.21. The van der Waals surface area contributed by atoms with Crippen LogP contribution in [0.5, 0.6) is 0 Å². The molecule has 1 aromatic heterocycles. The molecular formula is C8H14N6O2. The molecule has 8 heteroatoms. The van der Waals surface area contributed by atoms with E-state index in [1.807, 2.05) is 5.32 Å². The van der Waals surface area contributed by atoms with Crippen molar-refractivity contribution in [3.63, 3.8) is 0 Å². The number of imide groups is 1. The molecule has 1 aromatic rings. The summed E-state index contributed by atoms with van der Waals surface area (Å²) in [4.78, 5) is 21.4. The van der Waals surface area contributed by atoms with Crippen molar-refractivity contribution in [2.24, 2.45) is 11.5 Å². The Hall–Kier alpha value is -1.96. The van der Waals surface area contributed by atoms with E-state index in [0.29, 0.717) is 12.2 Å². The van der Waals surface area contributed by atoms with Gasteiger partial charge in [0.05, 0.1) is 18.4 Å². The molecule has 0 aliphatic rings. The number of carbonyl (C=O) groups excluding carboxylic acids is 2. The zero-order chi connectivity index (χ0) is 12.1. The van der Waals surface area contributed by atoms with Gasteiger partial charge in [-0.15, -0.1) is 5.10 Å². The Morgan fingerprint density at radius 1 is 1.62 bits per heavy atom. The average Bonchev–Trinajstić information content (AvgIpc) is 2.61. The van der Waals surface area contributed by atoms with E-state index in [1.54, 1.807) is 13.1 Å². The number of hydrogen-bond acceptors (Lipinski definition) is 5. The Balaban J connectivity index is 2.42. The highest BCUT2D eigenvalue weighted by Gasteiger charge is 2.07. The van der Waals surface area contributed by atoms with Gasteiger partial charge in [-0.05, 0) is 6.92 Å². The number of nitrogens with two attached hydrogens (primary N) is 2. The van der Waals surface area contributed by atoms with E-state index in [4.69, 9.17) is 11.5 Å². The standard InChI is InChI=1S/C8H14N6O2/c1-5(9)6-4-14(13-12-6)3-2-7(15)11-8(10)16/h4-5H,2-3,9H2,1H3,(H3,10,11,15,16). The van der Waals surface area contributed by atoms with Crippen molar-refractivity contribution in [1.82, 2.24) is 20.3 Å². The highest BCUT2D eigenvalue weighted by Crippen LogP contribution is 2.03. The fourth-order valence-corrected chi connectivity index (χ4v) is 1.05. The Morgan fingerprint density at radius 3 is 2.81 bits per heavy atom. The number of rotatable bonds is 4. The molecule has 3 amide bonds. The third kappa shape index (κ3) is 3.65. The van der Waals surface area contributed by atoms with Crippen molar-refractivity contribution >= 4 is 11.9 Å². The van der Waals surface area contributed by atoms with E-state index in [-0.39, 0.29) is 12.5 Å². The molecule has 0 saturated heterocycles. The van der Waals surface area contributed by atoms with Gasteiger partial charge in [0, 0.05) is 12.5 Å². The maximum Gasteiger partial charge on any atom is 0.318 e. The SMILES string of the molecule is CC(N)c1cn(CCC(=O)NC(N)=O)nn1. The molecule has 16 heavy (non-hydrogen) atoms. The summed E-state index contributed by atoms with van der Waals surface area (Å²) in [5.41, 5.74) is 11.0. The normalized spacial score (nSPS) is 12.1. The van der Waals surface area contributed by atoms with Gasteiger partial charge < -0.3 is 11.5 Å². The minimum absolute atomic E-state index is 0.102. The van der Waals surface area contributed by atoms with Crippen LogP contribution >= 0.6 is 0 Å². The molecule has 0 spiro atoms. The van der Waals surface area contributed by atoms with Crippen LogP contribution in [0.25, 0.3) is 0 Å². The van der Waals surface area contributed by atoms with E-state index in [0.717, 1.165) is 0 Å². The predicted octanol–water partition coefficient (Wildman–Crippen LogP) is -1.12. The van der Waals surface area contributed by atoms with Gasteiger partial charge in [0.2, 0.25) is 5.91 Å². The quantitative estimate of drug-likeness (QED) is 0.599. The number of urea groups is 1. The summed E-state index contributed by atoms with van der Waals surface area (Å²) in [5.74, 6) is -0.453. The van der Waals surface area contributed by atoms with Crippen LogP contribution < -0.4 is 16.8 Å². The molecule has 8 nitrogen and oxygen atoms in total. The zero-order valence-electron chi connectivity index (χ0n) is 8.88. The summed E-state index contributed by atoms with van der Waals surface area (Å²) in [7, 11) is 0. The lowest BCUT2D eigenvalue weighted by Gasteiger charge is -2.00. The molecular weight excluding hydrogens is 212 g/mol. The molecule has 0 saturated carbocycles. The van der Waals surface area contributed by atoms with Crippen molar-refractivity contribution in [3.05, 3.63) is 11.9 Å². The fraction of sp³-hybridized carbons (Fsp3) is 0.500. The molecule has 0 fully saturated rings. The van der Waals surface area contributed by atoms with Crippen molar-refractivity contribution in [2.75, 3.05) is 0 Å². The first-order chi connectivity index (χ1) is 7.49. The van der Waals surface area contributed by atoms with Crippen molar-refractivity contribution < 1.29 is 9.59 Å². The van der Waals surface area contributed by atoms with Gasteiger partial charge in [-0.1, -0.05) is 5.21 Å². The van der Waals surface area contributed by atoms with Crippen LogP contribution in [0.4, 0.5) is 4.79 Å². The molecule has 0 radical (unpaired) electrons. The fourth-order valence-electron chi connectivity index (χ4n) is 1.05. The molecule has 0 aliphatic carbocycles. The number of nitrogens with zero attached hydrogens (tertiary/aromatic N) is 3. The van der Waals surface area contributed by atoms with E-state index < -0.39 is 11.9 Å². The summed E-state index contributed by atoms with van der Waals surface area (Å²) in [6, 6.07) is -1.06. The minimum Gasteiger partial charge on any atom is -0.351 e. The number of aryl methyl sites for hydroxylation is 1. The van der Waals surface area contributed by atoms with Gasteiger partial charge in [-0.25, -0.2) is 4.79 Å². The lowest BCUT2D eigenvalue weighted by molar-refractivity contribution is -0.120. The molecule has 1 unspecified atom stereocenters. The van der Waals surface area contributed by atoms with Crippen molar-refractivity contribution in [3.8, 4) is 0 Å². The van der Waals surface area contributed by atoms with Crippen LogP contribution in [0.15, 0.2) is 6.20 Å². The first-order valence-corrected chi connectivity index (χ1v) is 4.74. The largest absolute Gasteiger partial charge is 0.351 e. The third-order valence-electron chi connectivity index (χ3n) is 1.85. The first kappa shape index (κ1) is 12.1. The lowest BCUT2D eigenvalue weighted by Crippen LogP contribution is -2.35. The maximum absolute atomic E-state index is 11.1. The number of aromatic nitrogens is 3. The second-order valence-electron chi connectivity index (χ2n) is 3.36. The second-order valence-corrected chi connectivity index (χ2v) is 3.36. The molecule has 5 N–H and O–H groups in total. The molecule has 0 bridgehead atoms. The number of nitrogens with one attached hydrogen (secondary N) is 1. The maximum atomic E-state index is 11.1. The number of carbonyl (C=O) groups is 2. The number of hydrogen-bond donors (Lipinski definition) is 3. The topological polar surface area (TPSA) is 129 Å². The highest BCUT2D eigenvalue weighted by molar-refractivity contribution is 5.93. The van der Waals surface area contributed by atoms with Crippen molar-refractivity contribution in [1.29, 1.82) is 0 Å². The Morgan fingerprint density at radius 2 is 2.31 bits per heavy atom. The smallest absolute Gasteiger partial charge is 0.318 e. The van der Waals surface area contributed by atoms with Gasteiger partial charge in [0.25, 0.3) is 0 Å². The Labute approximate surface area is 92.0 Å². The molecule has 1 atom stereocenters. The van der Waals surface area contributed by atoms with Crippen LogP contribution in [-0.2, 0) is 11.3 Å². The van der Waals surface area contributed by atoms with Crippen LogP contribution in [0, 0.1) is 0 Å². The molecule has 1 rings (SSSR count). The molecule has 0 aliphatic heterocycles. The molecule has 1 heterocycles. The zero-order valence-corrected chi connectivity index (χ0v) is 8.88. The summed E-state index contributed by atoms with van der Waals surface area (Å²) in [5, 5.41) is 9.55. The minimum atomic E-state index is -0.861. The van der Waals surface area contributed by atoms with Crippen LogP contribution in [0.2, 0.25) is 0 Å². The summed E-state index contributed by atoms with van der Waals surface area (Å²) < 4.78 is 1.49. The van der Waals surface area contributed by atoms with Crippen LogP contribution in [0.1, 0.15) is 25.1 Å². The van der Waals surface area contributed by atoms with Crippen LogP contribution in [-0.4, -0.2) is 26.9 Å². The Bertz CT molecular complexity index is 386. The molecule has 88 valence electrons. The van der Waals surface area contributed by atoms with E-state index in [9.17, 15) is 9.59 Å². The first-order valence-electron chi connectivity index (χ1n) is 4.74. The summed E-state index contributed by atoms with van der Waals surface area (Å²) >= 11 is 0. The van der Waals surface area contributed by atoms with E-state index >= 15 is 0 Å².